The number of nitrogens with one attached hydrogen (secondary N) is 2. The highest BCUT2D eigenvalue weighted by Crippen LogP contribution is 2.67. The molecule has 5 rings (SSSR count). The Morgan fingerprint density at radius 1 is 1.03 bits per heavy atom. The summed E-state index contributed by atoms with van der Waals surface area (Å²) >= 11 is 0. The normalized spacial score (nSPS) is 46.7. The van der Waals surface area contributed by atoms with E-state index in [4.69, 9.17) is 4.84 Å². The van der Waals surface area contributed by atoms with Crippen LogP contribution in [0.3, 0.4) is 0 Å². The minimum Gasteiger partial charge on any atom is -0.393 e. The number of rotatable bonds is 4. The zero-order valence-electron chi connectivity index (χ0n) is 21.7. The van der Waals surface area contributed by atoms with Crippen molar-refractivity contribution in [1.29, 1.82) is 0 Å². The van der Waals surface area contributed by atoms with Crippen molar-refractivity contribution < 1.29 is 14.7 Å². The van der Waals surface area contributed by atoms with Gasteiger partial charge >= 0.3 is 6.09 Å². The van der Waals surface area contributed by atoms with E-state index in [9.17, 15) is 9.90 Å². The number of nitrogens with zero attached hydrogens (tertiary/aromatic N) is 1. The standard InChI is InChI=1S/C28H47N3O3/c1-18(31-34-26(33)30-17-20-6-4-5-15-29-20)23-9-10-24-22-8-7-19-16-21(32)11-13-27(19,2)25(22)12-14-28(23,24)3/h19-25,29,32H,4-17H2,1-3H3,(H,30,33)/b31-18+/t19-,20?,21+,22-,23+,24-,25-,27-,28+/m0/s1. The lowest BCUT2D eigenvalue weighted by molar-refractivity contribution is -0.123. The highest BCUT2D eigenvalue weighted by atomic mass is 16.7. The van der Waals surface area contributed by atoms with Gasteiger partial charge in [-0.1, -0.05) is 25.4 Å². The van der Waals surface area contributed by atoms with E-state index in [1.54, 1.807) is 0 Å². The fourth-order valence-electron chi connectivity index (χ4n) is 9.44. The Hall–Kier alpha value is -1.14. The monoisotopic (exact) mass is 473 g/mol. The molecule has 0 aromatic heterocycles. The number of fused-ring (bicyclic) bond motifs is 5. The SMILES string of the molecule is C/C(=N\OC(=O)NCC1CCCCN1)[C@H]1CC[C@H]2[C@@H]3CC[C@H]4C[C@H](O)CC[C@]4(C)[C@H]3CC[C@]12C. The second-order valence-electron chi connectivity index (χ2n) is 12.9. The first kappa shape index (κ1) is 24.5. The summed E-state index contributed by atoms with van der Waals surface area (Å²) in [6.07, 6.45) is 13.9. The van der Waals surface area contributed by atoms with Gasteiger partial charge in [0.2, 0.25) is 0 Å². The van der Waals surface area contributed by atoms with Crippen molar-refractivity contribution in [2.24, 2.45) is 45.6 Å². The van der Waals surface area contributed by atoms with Crippen molar-refractivity contribution in [2.45, 2.75) is 110 Å². The smallest absolute Gasteiger partial charge is 0.393 e. The van der Waals surface area contributed by atoms with Gasteiger partial charge in [-0.05, 0) is 119 Å². The maximum Gasteiger partial charge on any atom is 0.433 e. The number of hydrogen-bond acceptors (Lipinski definition) is 5. The van der Waals surface area contributed by atoms with E-state index >= 15 is 0 Å². The molecule has 5 fully saturated rings. The van der Waals surface area contributed by atoms with Crippen molar-refractivity contribution in [1.82, 2.24) is 10.6 Å². The number of aliphatic hydroxyl groups excluding tert-OH is 1. The van der Waals surface area contributed by atoms with Gasteiger partial charge in [-0.25, -0.2) is 4.79 Å². The van der Waals surface area contributed by atoms with Crippen LogP contribution >= 0.6 is 0 Å². The van der Waals surface area contributed by atoms with Gasteiger partial charge in [0.25, 0.3) is 0 Å². The average Bonchev–Trinajstić information content (AvgIpc) is 3.19. The number of carbonyl (C=O) groups is 1. The molecule has 1 aliphatic heterocycles. The summed E-state index contributed by atoms with van der Waals surface area (Å²) in [5, 5.41) is 21.0. The van der Waals surface area contributed by atoms with Gasteiger partial charge in [-0.15, -0.1) is 0 Å². The van der Waals surface area contributed by atoms with Crippen molar-refractivity contribution in [2.75, 3.05) is 13.1 Å². The largest absolute Gasteiger partial charge is 0.433 e. The van der Waals surface area contributed by atoms with Crippen LogP contribution in [-0.4, -0.2) is 42.1 Å². The predicted molar refractivity (Wildman–Crippen MR) is 134 cm³/mol. The Balaban J connectivity index is 1.20. The lowest BCUT2D eigenvalue weighted by Crippen LogP contribution is -2.54. The van der Waals surface area contributed by atoms with Crippen LogP contribution in [0.2, 0.25) is 0 Å². The van der Waals surface area contributed by atoms with Crippen LogP contribution in [-0.2, 0) is 4.84 Å². The first-order valence-electron chi connectivity index (χ1n) is 14.2. The van der Waals surface area contributed by atoms with Gasteiger partial charge in [0.15, 0.2) is 0 Å². The molecule has 1 unspecified atom stereocenters. The van der Waals surface area contributed by atoms with Crippen LogP contribution < -0.4 is 10.6 Å². The molecule has 1 amide bonds. The van der Waals surface area contributed by atoms with Gasteiger partial charge in [0.1, 0.15) is 0 Å². The molecular formula is C28H47N3O3. The first-order chi connectivity index (χ1) is 16.3. The van der Waals surface area contributed by atoms with E-state index in [0.717, 1.165) is 55.7 Å². The third-order valence-electron chi connectivity index (χ3n) is 11.3. The summed E-state index contributed by atoms with van der Waals surface area (Å²) in [4.78, 5) is 17.6. The van der Waals surface area contributed by atoms with Crippen molar-refractivity contribution in [3.8, 4) is 0 Å². The Morgan fingerprint density at radius 3 is 2.62 bits per heavy atom. The summed E-state index contributed by atoms with van der Waals surface area (Å²) in [5.74, 6) is 3.48. The number of piperidine rings is 1. The van der Waals surface area contributed by atoms with Gasteiger partial charge in [-0.2, -0.15) is 0 Å². The van der Waals surface area contributed by atoms with E-state index < -0.39 is 6.09 Å². The van der Waals surface area contributed by atoms with E-state index in [2.05, 4.69) is 36.6 Å². The summed E-state index contributed by atoms with van der Waals surface area (Å²) in [7, 11) is 0. The molecule has 1 heterocycles. The highest BCUT2D eigenvalue weighted by Gasteiger charge is 2.60. The minimum absolute atomic E-state index is 0.0747. The molecule has 192 valence electrons. The van der Waals surface area contributed by atoms with E-state index in [0.29, 0.717) is 29.8 Å². The fraction of sp³-hybridized carbons (Fsp3) is 0.929. The van der Waals surface area contributed by atoms with E-state index in [1.165, 1.54) is 51.4 Å². The summed E-state index contributed by atoms with van der Waals surface area (Å²) < 4.78 is 0. The van der Waals surface area contributed by atoms with Crippen molar-refractivity contribution in [3.05, 3.63) is 0 Å². The van der Waals surface area contributed by atoms with Crippen molar-refractivity contribution >= 4 is 11.8 Å². The van der Waals surface area contributed by atoms with Crippen LogP contribution in [0.4, 0.5) is 4.79 Å². The van der Waals surface area contributed by atoms with Crippen LogP contribution in [0.5, 0.6) is 0 Å². The summed E-state index contributed by atoms with van der Waals surface area (Å²) in [6.45, 7) is 8.76. The van der Waals surface area contributed by atoms with Gasteiger partial charge < -0.3 is 15.7 Å². The number of carbonyl (C=O) groups excluding carboxylic acids is 1. The molecule has 6 nitrogen and oxygen atoms in total. The maximum atomic E-state index is 12.3. The molecule has 4 saturated carbocycles. The second-order valence-corrected chi connectivity index (χ2v) is 12.9. The number of aliphatic hydroxyl groups is 1. The zero-order chi connectivity index (χ0) is 23.9. The predicted octanol–water partition coefficient (Wildman–Crippen LogP) is 5.25. The number of oxime groups is 1. The number of amides is 1. The molecule has 1 saturated heterocycles. The average molecular weight is 474 g/mol. The second kappa shape index (κ2) is 9.72. The lowest BCUT2D eigenvalue weighted by atomic mass is 9.44. The molecule has 0 bridgehead atoms. The minimum atomic E-state index is -0.430. The third-order valence-corrected chi connectivity index (χ3v) is 11.3. The van der Waals surface area contributed by atoms with Crippen molar-refractivity contribution in [3.63, 3.8) is 0 Å². The number of hydrogen-bond donors (Lipinski definition) is 3. The quantitative estimate of drug-likeness (QED) is 0.296. The Labute approximate surface area is 206 Å². The Kier molecular flexibility index (Phi) is 7.02. The van der Waals surface area contributed by atoms with Crippen LogP contribution in [0.1, 0.15) is 97.8 Å². The molecule has 34 heavy (non-hydrogen) atoms. The molecule has 0 radical (unpaired) electrons. The molecule has 9 atom stereocenters. The Bertz CT molecular complexity index is 781. The van der Waals surface area contributed by atoms with E-state index in [1.807, 2.05) is 0 Å². The third kappa shape index (κ3) is 4.42. The molecular weight excluding hydrogens is 426 g/mol. The molecule has 0 aromatic rings. The molecule has 0 aromatic carbocycles. The van der Waals surface area contributed by atoms with Crippen LogP contribution in [0.25, 0.3) is 0 Å². The van der Waals surface area contributed by atoms with Gasteiger partial charge in [0, 0.05) is 18.5 Å². The van der Waals surface area contributed by atoms with Crippen LogP contribution in [0, 0.1) is 40.4 Å². The Morgan fingerprint density at radius 2 is 1.82 bits per heavy atom. The molecule has 4 aliphatic carbocycles. The first-order valence-corrected chi connectivity index (χ1v) is 14.2. The van der Waals surface area contributed by atoms with Gasteiger partial charge in [0.05, 0.1) is 11.8 Å². The maximum absolute atomic E-state index is 12.3. The summed E-state index contributed by atoms with van der Waals surface area (Å²) in [6, 6.07) is 0.348. The molecule has 6 heteroatoms. The topological polar surface area (TPSA) is 83.0 Å². The highest BCUT2D eigenvalue weighted by molar-refractivity contribution is 5.85. The summed E-state index contributed by atoms with van der Waals surface area (Å²) in [5.41, 5.74) is 1.67. The van der Waals surface area contributed by atoms with E-state index in [-0.39, 0.29) is 11.5 Å². The molecule has 0 spiro atoms. The van der Waals surface area contributed by atoms with Gasteiger partial charge in [-0.3, -0.25) is 4.84 Å². The zero-order valence-corrected chi connectivity index (χ0v) is 21.7. The lowest BCUT2D eigenvalue weighted by Gasteiger charge is -2.61. The molecule has 3 N–H and O–H groups in total. The van der Waals surface area contributed by atoms with Crippen LogP contribution in [0.15, 0.2) is 5.16 Å². The fourth-order valence-corrected chi connectivity index (χ4v) is 9.44. The molecule has 5 aliphatic rings.